The largest absolute Gasteiger partial charge is 0.340 e. The molecule has 1 saturated carbocycles. The first-order chi connectivity index (χ1) is 10.0. The number of aryl methyl sites for hydroxylation is 2. The van der Waals surface area contributed by atoms with Crippen molar-refractivity contribution in [2.24, 2.45) is 5.41 Å². The maximum atomic E-state index is 12.9. The zero-order chi connectivity index (χ0) is 15.0. The second-order valence-electron chi connectivity index (χ2n) is 7.13. The Morgan fingerprint density at radius 2 is 2.00 bits per heavy atom. The van der Waals surface area contributed by atoms with Crippen molar-refractivity contribution in [3.8, 4) is 0 Å². The lowest BCUT2D eigenvalue weighted by atomic mass is 9.75. The standard InChI is InChI=1S/C17H27N3O/c1-13-11-18-14(2)20(13)15-7-10-19(12-15)16(21)17(3)8-5-4-6-9-17/h11,15H,4-10,12H2,1-3H3. The number of carbonyl (C=O) groups is 1. The van der Waals surface area contributed by atoms with Crippen LogP contribution in [0.3, 0.4) is 0 Å². The molecule has 2 fully saturated rings. The van der Waals surface area contributed by atoms with Crippen molar-refractivity contribution in [1.82, 2.24) is 14.5 Å². The van der Waals surface area contributed by atoms with Crippen LogP contribution in [0.2, 0.25) is 0 Å². The van der Waals surface area contributed by atoms with Gasteiger partial charge in [-0.1, -0.05) is 26.2 Å². The molecule has 0 aromatic carbocycles. The first kappa shape index (κ1) is 14.6. The monoisotopic (exact) mass is 289 g/mol. The molecule has 0 N–H and O–H groups in total. The highest BCUT2D eigenvalue weighted by Gasteiger charge is 2.40. The number of rotatable bonds is 2. The molecule has 1 aromatic rings. The topological polar surface area (TPSA) is 38.1 Å². The average molecular weight is 289 g/mol. The van der Waals surface area contributed by atoms with Crippen LogP contribution >= 0.6 is 0 Å². The molecule has 0 bridgehead atoms. The summed E-state index contributed by atoms with van der Waals surface area (Å²) in [4.78, 5) is 19.4. The third kappa shape index (κ3) is 2.60. The predicted octanol–water partition coefficient (Wildman–Crippen LogP) is 3.24. The Labute approximate surface area is 127 Å². The van der Waals surface area contributed by atoms with Gasteiger partial charge >= 0.3 is 0 Å². The smallest absolute Gasteiger partial charge is 0.228 e. The van der Waals surface area contributed by atoms with Gasteiger partial charge in [0, 0.05) is 30.4 Å². The molecule has 1 atom stereocenters. The molecule has 1 saturated heterocycles. The van der Waals surface area contributed by atoms with E-state index in [-0.39, 0.29) is 5.41 Å². The van der Waals surface area contributed by atoms with Gasteiger partial charge in [-0.05, 0) is 33.1 Å². The summed E-state index contributed by atoms with van der Waals surface area (Å²) >= 11 is 0. The van der Waals surface area contributed by atoms with Gasteiger partial charge in [-0.25, -0.2) is 4.98 Å². The molecule has 1 aliphatic heterocycles. The van der Waals surface area contributed by atoms with E-state index in [2.05, 4.69) is 35.2 Å². The maximum absolute atomic E-state index is 12.9. The summed E-state index contributed by atoms with van der Waals surface area (Å²) in [6.45, 7) is 8.09. The van der Waals surface area contributed by atoms with Crippen molar-refractivity contribution in [2.75, 3.05) is 13.1 Å². The minimum absolute atomic E-state index is 0.105. The van der Waals surface area contributed by atoms with Crippen LogP contribution in [-0.2, 0) is 4.79 Å². The molecule has 2 aliphatic rings. The van der Waals surface area contributed by atoms with Crippen LogP contribution in [0, 0.1) is 19.3 Å². The molecule has 1 amide bonds. The molecular weight excluding hydrogens is 262 g/mol. The molecule has 3 rings (SSSR count). The van der Waals surface area contributed by atoms with Gasteiger partial charge in [0.25, 0.3) is 0 Å². The fraction of sp³-hybridized carbons (Fsp3) is 0.765. The normalized spacial score (nSPS) is 25.3. The van der Waals surface area contributed by atoms with Crippen LogP contribution in [0.15, 0.2) is 6.20 Å². The molecule has 1 aliphatic carbocycles. The number of imidazole rings is 1. The molecule has 21 heavy (non-hydrogen) atoms. The van der Waals surface area contributed by atoms with Gasteiger partial charge in [0.05, 0.1) is 6.04 Å². The zero-order valence-corrected chi connectivity index (χ0v) is 13.6. The fourth-order valence-electron chi connectivity index (χ4n) is 4.18. The number of nitrogens with zero attached hydrogens (tertiary/aromatic N) is 3. The van der Waals surface area contributed by atoms with Crippen LogP contribution in [0.5, 0.6) is 0 Å². The van der Waals surface area contributed by atoms with E-state index in [0.29, 0.717) is 11.9 Å². The minimum atomic E-state index is -0.105. The van der Waals surface area contributed by atoms with Gasteiger partial charge < -0.3 is 9.47 Å². The quantitative estimate of drug-likeness (QED) is 0.838. The van der Waals surface area contributed by atoms with E-state index in [9.17, 15) is 4.79 Å². The highest BCUT2D eigenvalue weighted by Crippen LogP contribution is 2.39. The van der Waals surface area contributed by atoms with Gasteiger partial charge in [0.2, 0.25) is 5.91 Å². The minimum Gasteiger partial charge on any atom is -0.340 e. The van der Waals surface area contributed by atoms with Crippen molar-refractivity contribution >= 4 is 5.91 Å². The van der Waals surface area contributed by atoms with Crippen LogP contribution in [0.4, 0.5) is 0 Å². The summed E-state index contributed by atoms with van der Waals surface area (Å²) in [6, 6.07) is 0.406. The van der Waals surface area contributed by atoms with E-state index in [4.69, 9.17) is 0 Å². The van der Waals surface area contributed by atoms with Crippen LogP contribution in [0.1, 0.15) is 63.0 Å². The van der Waals surface area contributed by atoms with E-state index >= 15 is 0 Å². The molecule has 1 unspecified atom stereocenters. The zero-order valence-electron chi connectivity index (χ0n) is 13.6. The van der Waals surface area contributed by atoms with Gasteiger partial charge in [0.1, 0.15) is 5.82 Å². The lowest BCUT2D eigenvalue weighted by molar-refractivity contribution is -0.142. The third-order valence-electron chi connectivity index (χ3n) is 5.46. The summed E-state index contributed by atoms with van der Waals surface area (Å²) in [7, 11) is 0. The van der Waals surface area contributed by atoms with E-state index < -0.39 is 0 Å². The molecular formula is C17H27N3O. The summed E-state index contributed by atoms with van der Waals surface area (Å²) < 4.78 is 2.30. The lowest BCUT2D eigenvalue weighted by Crippen LogP contribution is -2.42. The Kier molecular flexibility index (Phi) is 3.80. The molecule has 1 aromatic heterocycles. The maximum Gasteiger partial charge on any atom is 0.228 e. The van der Waals surface area contributed by atoms with Crippen molar-refractivity contribution in [3.63, 3.8) is 0 Å². The Morgan fingerprint density at radius 3 is 2.62 bits per heavy atom. The van der Waals surface area contributed by atoms with Crippen molar-refractivity contribution in [1.29, 1.82) is 0 Å². The number of hydrogen-bond acceptors (Lipinski definition) is 2. The molecule has 4 heteroatoms. The first-order valence-electron chi connectivity index (χ1n) is 8.31. The second-order valence-corrected chi connectivity index (χ2v) is 7.13. The van der Waals surface area contributed by atoms with Gasteiger partial charge in [-0.3, -0.25) is 4.79 Å². The Hall–Kier alpha value is -1.32. The Morgan fingerprint density at radius 1 is 1.29 bits per heavy atom. The molecule has 0 spiro atoms. The van der Waals surface area contributed by atoms with E-state index in [1.54, 1.807) is 0 Å². The molecule has 0 radical (unpaired) electrons. The van der Waals surface area contributed by atoms with E-state index in [1.165, 1.54) is 25.0 Å². The van der Waals surface area contributed by atoms with E-state index in [1.807, 2.05) is 6.20 Å². The molecule has 4 nitrogen and oxygen atoms in total. The average Bonchev–Trinajstić information content (AvgIpc) is 3.06. The predicted molar refractivity (Wildman–Crippen MR) is 83.1 cm³/mol. The highest BCUT2D eigenvalue weighted by atomic mass is 16.2. The summed E-state index contributed by atoms with van der Waals surface area (Å²) in [5.41, 5.74) is 1.10. The number of likely N-dealkylation sites (tertiary alicyclic amines) is 1. The summed E-state index contributed by atoms with van der Waals surface area (Å²) in [5, 5.41) is 0. The van der Waals surface area contributed by atoms with Crippen LogP contribution in [-0.4, -0.2) is 33.4 Å². The van der Waals surface area contributed by atoms with Crippen LogP contribution < -0.4 is 0 Å². The Bertz CT molecular complexity index is 509. The van der Waals surface area contributed by atoms with Gasteiger partial charge in [-0.2, -0.15) is 0 Å². The summed E-state index contributed by atoms with van der Waals surface area (Å²) in [5.74, 6) is 1.45. The first-order valence-corrected chi connectivity index (χ1v) is 8.31. The van der Waals surface area contributed by atoms with Crippen molar-refractivity contribution in [3.05, 3.63) is 17.7 Å². The second kappa shape index (κ2) is 5.47. The lowest BCUT2D eigenvalue weighted by Gasteiger charge is -2.35. The molecule has 116 valence electrons. The van der Waals surface area contributed by atoms with Crippen molar-refractivity contribution < 1.29 is 4.79 Å². The third-order valence-corrected chi connectivity index (χ3v) is 5.46. The number of aromatic nitrogens is 2. The van der Waals surface area contributed by atoms with Crippen LogP contribution in [0.25, 0.3) is 0 Å². The fourth-order valence-corrected chi connectivity index (χ4v) is 4.18. The van der Waals surface area contributed by atoms with E-state index in [0.717, 1.165) is 38.2 Å². The summed E-state index contributed by atoms with van der Waals surface area (Å²) in [6.07, 6.45) is 8.83. The number of hydrogen-bond donors (Lipinski definition) is 0. The number of amides is 1. The SMILES string of the molecule is Cc1cnc(C)n1C1CCN(C(=O)C2(C)CCCCC2)C1. The van der Waals surface area contributed by atoms with Gasteiger partial charge in [-0.15, -0.1) is 0 Å². The van der Waals surface area contributed by atoms with Crippen molar-refractivity contribution in [2.45, 2.75) is 65.3 Å². The molecule has 2 heterocycles. The highest BCUT2D eigenvalue weighted by molar-refractivity contribution is 5.82. The Balaban J connectivity index is 1.71. The van der Waals surface area contributed by atoms with Gasteiger partial charge in [0.15, 0.2) is 0 Å². The number of carbonyl (C=O) groups excluding carboxylic acids is 1.